The Labute approximate surface area is 99.8 Å². The predicted octanol–water partition coefficient (Wildman–Crippen LogP) is 3.47. The summed E-state index contributed by atoms with van der Waals surface area (Å²) in [6.07, 6.45) is 6.00. The number of halogens is 2. The lowest BCUT2D eigenvalue weighted by Gasteiger charge is -2.20. The van der Waals surface area contributed by atoms with E-state index in [1.54, 1.807) is 0 Å². The van der Waals surface area contributed by atoms with Crippen LogP contribution in [0.1, 0.15) is 31.2 Å². The predicted molar refractivity (Wildman–Crippen MR) is 61.3 cm³/mol. The molecule has 0 spiro atoms. The van der Waals surface area contributed by atoms with Gasteiger partial charge in [0.05, 0.1) is 0 Å². The van der Waals surface area contributed by atoms with Gasteiger partial charge in [-0.3, -0.25) is 4.79 Å². The number of carbonyl (C=O) groups is 1. The molecule has 0 aromatic heterocycles. The van der Waals surface area contributed by atoms with Crippen molar-refractivity contribution in [1.29, 1.82) is 0 Å². The fraction of sp³-hybridized carbons (Fsp3) is 0.429. The number of ketones is 1. The second-order valence-electron chi connectivity index (χ2n) is 4.56. The minimum atomic E-state index is -0.621. The molecule has 3 heteroatoms. The lowest BCUT2D eigenvalue weighted by atomic mass is 9.84. The molecule has 2 rings (SSSR count). The first-order valence-corrected chi connectivity index (χ1v) is 5.94. The van der Waals surface area contributed by atoms with Gasteiger partial charge in [-0.2, -0.15) is 0 Å². The summed E-state index contributed by atoms with van der Waals surface area (Å²) in [7, 11) is 0. The topological polar surface area (TPSA) is 17.1 Å². The lowest BCUT2D eigenvalue weighted by molar-refractivity contribution is -0.122. The second-order valence-corrected chi connectivity index (χ2v) is 4.56. The molecule has 0 bridgehead atoms. The van der Waals surface area contributed by atoms with Crippen LogP contribution >= 0.6 is 0 Å². The number of hydrogen-bond donors (Lipinski definition) is 0. The SMILES string of the molecule is O=C(Cc1cc(F)cc(F)c1)C1CC[CH]CC1. The van der Waals surface area contributed by atoms with Gasteiger partial charge >= 0.3 is 0 Å². The van der Waals surface area contributed by atoms with Crippen molar-refractivity contribution in [3.63, 3.8) is 0 Å². The largest absolute Gasteiger partial charge is 0.299 e. The Morgan fingerprint density at radius 1 is 1.12 bits per heavy atom. The van der Waals surface area contributed by atoms with E-state index in [1.807, 2.05) is 0 Å². The molecular formula is C14H15F2O. The maximum atomic E-state index is 13.0. The molecule has 1 nitrogen and oxygen atoms in total. The molecule has 1 aromatic carbocycles. The van der Waals surface area contributed by atoms with E-state index in [0.29, 0.717) is 5.56 Å². The molecule has 0 unspecified atom stereocenters. The van der Waals surface area contributed by atoms with Crippen molar-refractivity contribution in [1.82, 2.24) is 0 Å². The third kappa shape index (κ3) is 3.35. The first-order chi connectivity index (χ1) is 8.15. The van der Waals surface area contributed by atoms with E-state index in [1.165, 1.54) is 12.1 Å². The third-order valence-electron chi connectivity index (χ3n) is 3.19. The molecule has 0 atom stereocenters. The summed E-state index contributed by atoms with van der Waals surface area (Å²) < 4.78 is 25.9. The summed E-state index contributed by atoms with van der Waals surface area (Å²) in [5.41, 5.74) is 0.432. The smallest absolute Gasteiger partial charge is 0.140 e. The van der Waals surface area contributed by atoms with Gasteiger partial charge in [0.15, 0.2) is 0 Å². The Balaban J connectivity index is 2.01. The summed E-state index contributed by atoms with van der Waals surface area (Å²) in [6.45, 7) is 0. The average molecular weight is 237 g/mol. The van der Waals surface area contributed by atoms with Crippen LogP contribution in [0.25, 0.3) is 0 Å². The molecule has 0 aliphatic heterocycles. The van der Waals surface area contributed by atoms with E-state index in [2.05, 4.69) is 6.42 Å². The van der Waals surface area contributed by atoms with Crippen LogP contribution in [-0.4, -0.2) is 5.78 Å². The van der Waals surface area contributed by atoms with Crippen molar-refractivity contribution < 1.29 is 13.6 Å². The molecule has 1 saturated carbocycles. The zero-order valence-electron chi connectivity index (χ0n) is 9.59. The van der Waals surface area contributed by atoms with Gasteiger partial charge in [0.2, 0.25) is 0 Å². The molecule has 1 aromatic rings. The van der Waals surface area contributed by atoms with E-state index in [-0.39, 0.29) is 18.1 Å². The summed E-state index contributed by atoms with van der Waals surface area (Å²) in [5, 5.41) is 0. The summed E-state index contributed by atoms with van der Waals surface area (Å²) in [5.74, 6) is -1.08. The highest BCUT2D eigenvalue weighted by atomic mass is 19.1. The van der Waals surface area contributed by atoms with Gasteiger partial charge in [0.25, 0.3) is 0 Å². The molecule has 1 fully saturated rings. The Hall–Kier alpha value is -1.25. The third-order valence-corrected chi connectivity index (χ3v) is 3.19. The van der Waals surface area contributed by atoms with E-state index >= 15 is 0 Å². The van der Waals surface area contributed by atoms with Gasteiger partial charge in [0.1, 0.15) is 17.4 Å². The second kappa shape index (κ2) is 5.39. The van der Waals surface area contributed by atoms with Crippen molar-refractivity contribution >= 4 is 5.78 Å². The fourth-order valence-electron chi connectivity index (χ4n) is 2.31. The fourth-order valence-corrected chi connectivity index (χ4v) is 2.31. The molecule has 0 amide bonds. The van der Waals surface area contributed by atoms with Crippen molar-refractivity contribution in [2.24, 2.45) is 5.92 Å². The first kappa shape index (κ1) is 12.2. The zero-order chi connectivity index (χ0) is 12.3. The maximum Gasteiger partial charge on any atom is 0.140 e. The highest BCUT2D eigenvalue weighted by molar-refractivity contribution is 5.83. The normalized spacial score (nSPS) is 17.1. The van der Waals surface area contributed by atoms with Crippen LogP contribution in [0.3, 0.4) is 0 Å². The Morgan fingerprint density at radius 3 is 2.29 bits per heavy atom. The maximum absolute atomic E-state index is 13.0. The van der Waals surface area contributed by atoms with Crippen molar-refractivity contribution in [3.05, 3.63) is 41.8 Å². The monoisotopic (exact) mass is 237 g/mol. The minimum absolute atomic E-state index is 0.0614. The van der Waals surface area contributed by atoms with Crippen molar-refractivity contribution in [3.8, 4) is 0 Å². The molecule has 0 heterocycles. The molecule has 1 radical (unpaired) electrons. The van der Waals surface area contributed by atoms with Crippen molar-refractivity contribution in [2.75, 3.05) is 0 Å². The van der Waals surface area contributed by atoms with Gasteiger partial charge in [-0.1, -0.05) is 0 Å². The molecule has 1 aliphatic carbocycles. The van der Waals surface area contributed by atoms with Crippen molar-refractivity contribution in [2.45, 2.75) is 32.1 Å². The molecule has 1 aliphatic rings. The van der Waals surface area contributed by atoms with Crippen LogP contribution in [-0.2, 0) is 11.2 Å². The van der Waals surface area contributed by atoms with Crippen LogP contribution in [0.4, 0.5) is 8.78 Å². The lowest BCUT2D eigenvalue weighted by Crippen LogP contribution is -2.19. The standard InChI is InChI=1S/C14H15F2O/c15-12-6-10(7-13(16)9-12)8-14(17)11-4-2-1-3-5-11/h1,6-7,9,11H,2-5,8H2. The van der Waals surface area contributed by atoms with E-state index in [0.717, 1.165) is 31.7 Å². The van der Waals surface area contributed by atoms with Gasteiger partial charge in [0, 0.05) is 18.4 Å². The quantitative estimate of drug-likeness (QED) is 0.786. The Morgan fingerprint density at radius 2 is 1.71 bits per heavy atom. The first-order valence-electron chi connectivity index (χ1n) is 5.94. The number of Topliss-reactive ketones (excluding diaryl/α,β-unsaturated/α-hetero) is 1. The molecular weight excluding hydrogens is 222 g/mol. The van der Waals surface area contributed by atoms with Crippen LogP contribution in [0.15, 0.2) is 18.2 Å². The highest BCUT2D eigenvalue weighted by Gasteiger charge is 2.21. The zero-order valence-corrected chi connectivity index (χ0v) is 9.59. The Kier molecular flexibility index (Phi) is 3.87. The Bertz CT molecular complexity index is 388. The minimum Gasteiger partial charge on any atom is -0.299 e. The highest BCUT2D eigenvalue weighted by Crippen LogP contribution is 2.25. The number of rotatable bonds is 3. The average Bonchev–Trinajstić information content (AvgIpc) is 2.28. The van der Waals surface area contributed by atoms with Gasteiger partial charge in [-0.25, -0.2) is 8.78 Å². The van der Waals surface area contributed by atoms with Crippen LogP contribution in [0, 0.1) is 24.0 Å². The summed E-state index contributed by atoms with van der Waals surface area (Å²) in [6, 6.07) is 3.29. The van der Waals surface area contributed by atoms with Gasteiger partial charge in [-0.15, -0.1) is 0 Å². The van der Waals surface area contributed by atoms with Crippen LogP contribution in [0.5, 0.6) is 0 Å². The van der Waals surface area contributed by atoms with Gasteiger partial charge in [-0.05, 0) is 49.8 Å². The number of hydrogen-bond acceptors (Lipinski definition) is 1. The molecule has 0 saturated heterocycles. The van der Waals surface area contributed by atoms with Crippen LogP contribution in [0.2, 0.25) is 0 Å². The van der Waals surface area contributed by atoms with Gasteiger partial charge < -0.3 is 0 Å². The molecule has 17 heavy (non-hydrogen) atoms. The van der Waals surface area contributed by atoms with E-state index in [4.69, 9.17) is 0 Å². The number of benzene rings is 1. The van der Waals surface area contributed by atoms with E-state index in [9.17, 15) is 13.6 Å². The summed E-state index contributed by atoms with van der Waals surface area (Å²) >= 11 is 0. The number of carbonyl (C=O) groups excluding carboxylic acids is 1. The molecule has 0 N–H and O–H groups in total. The van der Waals surface area contributed by atoms with E-state index < -0.39 is 11.6 Å². The van der Waals surface area contributed by atoms with Crippen LogP contribution < -0.4 is 0 Å². The molecule has 91 valence electrons. The summed E-state index contributed by atoms with van der Waals surface area (Å²) in [4.78, 5) is 11.9.